The highest BCUT2D eigenvalue weighted by Gasteiger charge is 2.16. The van der Waals surface area contributed by atoms with E-state index in [1.165, 1.54) is 19.9 Å². The van der Waals surface area contributed by atoms with Crippen molar-refractivity contribution in [3.63, 3.8) is 0 Å². The Hall–Kier alpha value is -2.37. The van der Waals surface area contributed by atoms with Crippen molar-refractivity contribution in [2.75, 3.05) is 0 Å². The molecule has 0 spiro atoms. The molecule has 0 saturated carbocycles. The fourth-order valence-electron chi connectivity index (χ4n) is 1.27. The summed E-state index contributed by atoms with van der Waals surface area (Å²) in [4.78, 5) is 33.0. The first kappa shape index (κ1) is 13.7. The molecule has 0 fully saturated rings. The van der Waals surface area contributed by atoms with Crippen LogP contribution in [0.3, 0.4) is 0 Å². The molecule has 0 aromatic heterocycles. The molecule has 6 nitrogen and oxygen atoms in total. The third-order valence-electron chi connectivity index (χ3n) is 2.17. The topological polar surface area (TPSA) is 98.5 Å². The molecule has 0 radical (unpaired) electrons. The van der Waals surface area contributed by atoms with Crippen molar-refractivity contribution in [1.29, 1.82) is 0 Å². The highest BCUT2D eigenvalue weighted by molar-refractivity contribution is 5.96. The van der Waals surface area contributed by atoms with Crippen molar-refractivity contribution in [3.8, 4) is 5.75 Å². The summed E-state index contributed by atoms with van der Waals surface area (Å²) in [5, 5.41) is 1.91. The number of amides is 3. The standard InChI is InChI=1S/C12H14N2O4/c1-7(15)9-4-3-5-10(6-9)18-8(2)11(16)14-12(13)17/h3-6,8H,1-2H3,(H3,13,14,16,17). The summed E-state index contributed by atoms with van der Waals surface area (Å²) in [6, 6.07) is 5.48. The molecule has 1 aromatic carbocycles. The molecule has 3 N–H and O–H groups in total. The molecule has 0 aliphatic heterocycles. The van der Waals surface area contributed by atoms with E-state index < -0.39 is 18.0 Å². The number of hydrogen-bond acceptors (Lipinski definition) is 4. The van der Waals surface area contributed by atoms with E-state index in [2.05, 4.69) is 0 Å². The number of ketones is 1. The lowest BCUT2D eigenvalue weighted by Gasteiger charge is -2.13. The number of Topliss-reactive ketones (excluding diaryl/α,β-unsaturated/α-hetero) is 1. The predicted molar refractivity (Wildman–Crippen MR) is 64.3 cm³/mol. The Morgan fingerprint density at radius 1 is 1.33 bits per heavy atom. The summed E-state index contributed by atoms with van der Waals surface area (Å²) >= 11 is 0. The third kappa shape index (κ3) is 3.89. The van der Waals surface area contributed by atoms with Gasteiger partial charge < -0.3 is 10.5 Å². The van der Waals surface area contributed by atoms with Gasteiger partial charge in [0.15, 0.2) is 11.9 Å². The van der Waals surface area contributed by atoms with Crippen molar-refractivity contribution >= 4 is 17.7 Å². The van der Waals surface area contributed by atoms with E-state index >= 15 is 0 Å². The Kier molecular flexibility index (Phi) is 4.42. The van der Waals surface area contributed by atoms with Gasteiger partial charge in [-0.05, 0) is 26.0 Å². The van der Waals surface area contributed by atoms with Crippen molar-refractivity contribution < 1.29 is 19.1 Å². The molecule has 3 amide bonds. The van der Waals surface area contributed by atoms with E-state index in [1.807, 2.05) is 5.32 Å². The van der Waals surface area contributed by atoms with E-state index in [0.29, 0.717) is 11.3 Å². The molecule has 96 valence electrons. The molecule has 18 heavy (non-hydrogen) atoms. The molecule has 1 aromatic rings. The zero-order chi connectivity index (χ0) is 13.7. The van der Waals surface area contributed by atoms with Gasteiger partial charge >= 0.3 is 6.03 Å². The zero-order valence-corrected chi connectivity index (χ0v) is 10.1. The number of rotatable bonds is 4. The van der Waals surface area contributed by atoms with Gasteiger partial charge in [-0.1, -0.05) is 12.1 Å². The average molecular weight is 250 g/mol. The smallest absolute Gasteiger partial charge is 0.318 e. The molecule has 6 heteroatoms. The fourth-order valence-corrected chi connectivity index (χ4v) is 1.27. The minimum atomic E-state index is -0.937. The van der Waals surface area contributed by atoms with E-state index in [4.69, 9.17) is 10.5 Å². The Morgan fingerprint density at radius 3 is 2.56 bits per heavy atom. The van der Waals surface area contributed by atoms with Gasteiger partial charge in [0, 0.05) is 5.56 Å². The molecule has 1 rings (SSSR count). The van der Waals surface area contributed by atoms with Crippen LogP contribution in [0.15, 0.2) is 24.3 Å². The quantitative estimate of drug-likeness (QED) is 0.774. The van der Waals surface area contributed by atoms with E-state index in [-0.39, 0.29) is 5.78 Å². The number of nitrogens with one attached hydrogen (secondary N) is 1. The average Bonchev–Trinajstić information content (AvgIpc) is 2.28. The van der Waals surface area contributed by atoms with Crippen LogP contribution in [0, 0.1) is 0 Å². The van der Waals surface area contributed by atoms with Crippen molar-refractivity contribution in [3.05, 3.63) is 29.8 Å². The summed E-state index contributed by atoms with van der Waals surface area (Å²) in [5.41, 5.74) is 5.30. The Balaban J connectivity index is 2.72. The highest BCUT2D eigenvalue weighted by Crippen LogP contribution is 2.15. The third-order valence-corrected chi connectivity index (χ3v) is 2.17. The lowest BCUT2D eigenvalue weighted by molar-refractivity contribution is -0.126. The van der Waals surface area contributed by atoms with Crippen LogP contribution < -0.4 is 15.8 Å². The number of urea groups is 1. The van der Waals surface area contributed by atoms with Crippen LogP contribution >= 0.6 is 0 Å². The Labute approximate surface area is 104 Å². The lowest BCUT2D eigenvalue weighted by atomic mass is 10.1. The summed E-state index contributed by atoms with van der Waals surface area (Å²) in [7, 11) is 0. The van der Waals surface area contributed by atoms with Gasteiger partial charge in [0.1, 0.15) is 5.75 Å². The summed E-state index contributed by atoms with van der Waals surface area (Å²) in [6.45, 7) is 2.90. The van der Waals surface area contributed by atoms with Crippen LogP contribution in [0.1, 0.15) is 24.2 Å². The van der Waals surface area contributed by atoms with Crippen molar-refractivity contribution in [2.45, 2.75) is 20.0 Å². The second-order valence-corrected chi connectivity index (χ2v) is 3.70. The van der Waals surface area contributed by atoms with Crippen LogP contribution in [0.2, 0.25) is 0 Å². The second kappa shape index (κ2) is 5.81. The second-order valence-electron chi connectivity index (χ2n) is 3.70. The fraction of sp³-hybridized carbons (Fsp3) is 0.250. The number of hydrogen-bond donors (Lipinski definition) is 2. The monoisotopic (exact) mass is 250 g/mol. The number of ether oxygens (including phenoxy) is 1. The summed E-state index contributed by atoms with van der Waals surface area (Å²) in [6.07, 6.45) is -0.889. The Morgan fingerprint density at radius 2 is 2.00 bits per heavy atom. The Bertz CT molecular complexity index is 485. The van der Waals surface area contributed by atoms with Crippen LogP contribution in [0.25, 0.3) is 0 Å². The molecule has 0 aliphatic rings. The number of nitrogens with two attached hydrogens (primary N) is 1. The molecular formula is C12H14N2O4. The van der Waals surface area contributed by atoms with Crippen molar-refractivity contribution in [1.82, 2.24) is 5.32 Å². The first-order valence-corrected chi connectivity index (χ1v) is 5.28. The van der Waals surface area contributed by atoms with Gasteiger partial charge in [0.25, 0.3) is 5.91 Å². The molecule has 1 atom stereocenters. The molecule has 0 heterocycles. The van der Waals surface area contributed by atoms with Gasteiger partial charge in [-0.2, -0.15) is 0 Å². The largest absolute Gasteiger partial charge is 0.481 e. The molecule has 0 bridgehead atoms. The number of carbonyl (C=O) groups is 3. The number of benzene rings is 1. The maximum absolute atomic E-state index is 11.4. The molecule has 0 aliphatic carbocycles. The summed E-state index contributed by atoms with van der Waals surface area (Å²) in [5.74, 6) is -0.375. The molecular weight excluding hydrogens is 236 g/mol. The highest BCUT2D eigenvalue weighted by atomic mass is 16.5. The van der Waals surface area contributed by atoms with Gasteiger partial charge in [-0.25, -0.2) is 4.79 Å². The van der Waals surface area contributed by atoms with Gasteiger partial charge in [-0.15, -0.1) is 0 Å². The maximum Gasteiger partial charge on any atom is 0.318 e. The first-order chi connectivity index (χ1) is 8.40. The van der Waals surface area contributed by atoms with Gasteiger partial charge in [0.05, 0.1) is 0 Å². The lowest BCUT2D eigenvalue weighted by Crippen LogP contribution is -2.42. The van der Waals surface area contributed by atoms with Crippen molar-refractivity contribution in [2.24, 2.45) is 5.73 Å². The maximum atomic E-state index is 11.4. The van der Waals surface area contributed by atoms with Gasteiger partial charge in [-0.3, -0.25) is 14.9 Å². The SMILES string of the molecule is CC(=O)c1cccc(OC(C)C(=O)NC(N)=O)c1. The van der Waals surface area contributed by atoms with Crippen LogP contribution in [0.4, 0.5) is 4.79 Å². The number of imide groups is 1. The predicted octanol–water partition coefficient (Wildman–Crippen LogP) is 0.851. The normalized spacial score (nSPS) is 11.4. The van der Waals surface area contributed by atoms with Crippen LogP contribution in [-0.2, 0) is 4.79 Å². The van der Waals surface area contributed by atoms with E-state index in [9.17, 15) is 14.4 Å². The van der Waals surface area contributed by atoms with Crippen LogP contribution in [0.5, 0.6) is 5.75 Å². The minimum absolute atomic E-state index is 0.102. The first-order valence-electron chi connectivity index (χ1n) is 5.28. The minimum Gasteiger partial charge on any atom is -0.481 e. The molecule has 1 unspecified atom stereocenters. The number of carbonyl (C=O) groups excluding carboxylic acids is 3. The summed E-state index contributed by atoms with van der Waals surface area (Å²) < 4.78 is 5.30. The van der Waals surface area contributed by atoms with E-state index in [0.717, 1.165) is 0 Å². The zero-order valence-electron chi connectivity index (χ0n) is 10.1. The van der Waals surface area contributed by atoms with Gasteiger partial charge in [0.2, 0.25) is 0 Å². The number of primary amides is 1. The molecule has 0 saturated heterocycles. The van der Waals surface area contributed by atoms with E-state index in [1.54, 1.807) is 18.2 Å². The van der Waals surface area contributed by atoms with Crippen LogP contribution in [-0.4, -0.2) is 23.8 Å².